The molecule has 0 saturated heterocycles. The number of aliphatic hydroxyl groups is 1. The number of aliphatic hydroxyl groups excluding tert-OH is 1. The third-order valence-corrected chi connectivity index (χ3v) is 2.96. The van der Waals surface area contributed by atoms with Gasteiger partial charge in [-0.15, -0.1) is 0 Å². The van der Waals surface area contributed by atoms with Crippen molar-refractivity contribution in [3.8, 4) is 0 Å². The van der Waals surface area contributed by atoms with Crippen LogP contribution in [0.4, 0.5) is 10.1 Å². The topological polar surface area (TPSA) is 49.3 Å². The molecule has 0 radical (unpaired) electrons. The van der Waals surface area contributed by atoms with E-state index < -0.39 is 0 Å². The molecule has 0 aliphatic rings. The lowest BCUT2D eigenvalue weighted by atomic mass is 10.2. The first-order valence-corrected chi connectivity index (χ1v) is 6.20. The number of nitrogens with one attached hydrogen (secondary N) is 1. The van der Waals surface area contributed by atoms with E-state index in [1.165, 1.54) is 6.07 Å². The molecule has 1 amide bonds. The summed E-state index contributed by atoms with van der Waals surface area (Å²) in [5.74, 6) is -0.471. The van der Waals surface area contributed by atoms with E-state index in [1.54, 1.807) is 13.0 Å². The molecule has 0 unspecified atom stereocenters. The van der Waals surface area contributed by atoms with E-state index in [9.17, 15) is 9.18 Å². The van der Waals surface area contributed by atoms with Crippen molar-refractivity contribution in [3.05, 3.63) is 28.0 Å². The number of halogens is 2. The summed E-state index contributed by atoms with van der Waals surface area (Å²) in [6.07, 6.45) is 1.61. The maximum Gasteiger partial charge on any atom is 0.224 e. The second kappa shape index (κ2) is 6.71. The summed E-state index contributed by atoms with van der Waals surface area (Å²) < 4.78 is 13.5. The lowest BCUT2D eigenvalue weighted by molar-refractivity contribution is -0.116. The van der Waals surface area contributed by atoms with Gasteiger partial charge in [0, 0.05) is 18.7 Å². The van der Waals surface area contributed by atoms with Gasteiger partial charge in [-0.2, -0.15) is 0 Å². The summed E-state index contributed by atoms with van der Waals surface area (Å²) in [5, 5.41) is 11.3. The second-order valence-electron chi connectivity index (χ2n) is 3.81. The van der Waals surface area contributed by atoms with Crippen LogP contribution >= 0.6 is 15.9 Å². The number of rotatable bonds is 5. The number of anilines is 1. The number of carbonyl (C=O) groups is 1. The van der Waals surface area contributed by atoms with Gasteiger partial charge in [-0.3, -0.25) is 4.79 Å². The average molecular weight is 304 g/mol. The van der Waals surface area contributed by atoms with Crippen molar-refractivity contribution in [1.29, 1.82) is 0 Å². The van der Waals surface area contributed by atoms with Crippen molar-refractivity contribution in [2.45, 2.75) is 26.2 Å². The first-order valence-electron chi connectivity index (χ1n) is 5.41. The molecular weight excluding hydrogens is 289 g/mol. The van der Waals surface area contributed by atoms with E-state index in [2.05, 4.69) is 21.2 Å². The lowest BCUT2D eigenvalue weighted by Crippen LogP contribution is -2.12. The molecule has 0 aromatic heterocycles. The fourth-order valence-corrected chi connectivity index (χ4v) is 1.73. The predicted octanol–water partition coefficient (Wildman–Crippen LogP) is 3.00. The number of aryl methyl sites for hydroxylation is 1. The SMILES string of the molecule is Cc1cc(F)c(Br)cc1NC(=O)CCCCO. The molecule has 0 atom stereocenters. The van der Waals surface area contributed by atoms with Gasteiger partial charge < -0.3 is 10.4 Å². The second-order valence-corrected chi connectivity index (χ2v) is 4.66. The van der Waals surface area contributed by atoms with E-state index in [4.69, 9.17) is 5.11 Å². The molecule has 1 rings (SSSR count). The Bertz CT molecular complexity index is 410. The van der Waals surface area contributed by atoms with E-state index in [1.807, 2.05) is 0 Å². The van der Waals surface area contributed by atoms with Crippen LogP contribution in [0.15, 0.2) is 16.6 Å². The summed E-state index contributed by atoms with van der Waals surface area (Å²) in [6.45, 7) is 1.83. The first kappa shape index (κ1) is 14.1. The zero-order valence-corrected chi connectivity index (χ0v) is 11.2. The van der Waals surface area contributed by atoms with Crippen LogP contribution in [-0.4, -0.2) is 17.6 Å². The maximum absolute atomic E-state index is 13.2. The molecule has 1 aromatic rings. The van der Waals surface area contributed by atoms with E-state index in [0.29, 0.717) is 35.0 Å². The molecule has 0 fully saturated rings. The molecule has 3 nitrogen and oxygen atoms in total. The van der Waals surface area contributed by atoms with Crippen molar-refractivity contribution in [2.75, 3.05) is 11.9 Å². The predicted molar refractivity (Wildman–Crippen MR) is 68.4 cm³/mol. The molecule has 0 spiro atoms. The normalized spacial score (nSPS) is 10.4. The molecule has 94 valence electrons. The van der Waals surface area contributed by atoms with E-state index in [-0.39, 0.29) is 18.3 Å². The molecule has 0 saturated carbocycles. The molecule has 17 heavy (non-hydrogen) atoms. The van der Waals surface area contributed by atoms with Gasteiger partial charge in [0.05, 0.1) is 4.47 Å². The van der Waals surface area contributed by atoms with Crippen molar-refractivity contribution >= 4 is 27.5 Å². The van der Waals surface area contributed by atoms with Gasteiger partial charge in [-0.05, 0) is 53.4 Å². The van der Waals surface area contributed by atoms with Crippen LogP contribution in [-0.2, 0) is 4.79 Å². The van der Waals surface area contributed by atoms with Gasteiger partial charge in [0.15, 0.2) is 0 Å². The highest BCUT2D eigenvalue weighted by molar-refractivity contribution is 9.10. The van der Waals surface area contributed by atoms with Crippen molar-refractivity contribution in [3.63, 3.8) is 0 Å². The smallest absolute Gasteiger partial charge is 0.224 e. The van der Waals surface area contributed by atoms with Crippen LogP contribution in [0.3, 0.4) is 0 Å². The quantitative estimate of drug-likeness (QED) is 0.822. The third kappa shape index (κ3) is 4.44. The number of carbonyl (C=O) groups excluding carboxylic acids is 1. The number of unbranched alkanes of at least 4 members (excludes halogenated alkanes) is 1. The number of amides is 1. The zero-order chi connectivity index (χ0) is 12.8. The molecule has 2 N–H and O–H groups in total. The summed E-state index contributed by atoms with van der Waals surface area (Å²) in [6, 6.07) is 2.92. The Labute approximate surface area is 108 Å². The van der Waals surface area contributed by atoms with Gasteiger partial charge in [-0.1, -0.05) is 0 Å². The molecule has 0 bridgehead atoms. The summed E-state index contributed by atoms with van der Waals surface area (Å²) in [7, 11) is 0. The summed E-state index contributed by atoms with van der Waals surface area (Å²) >= 11 is 3.07. The summed E-state index contributed by atoms with van der Waals surface area (Å²) in [5.41, 5.74) is 1.29. The zero-order valence-electron chi connectivity index (χ0n) is 9.59. The minimum atomic E-state index is -0.347. The average Bonchev–Trinajstić information content (AvgIpc) is 2.26. The highest BCUT2D eigenvalue weighted by Gasteiger charge is 2.08. The van der Waals surface area contributed by atoms with Crippen molar-refractivity contribution in [1.82, 2.24) is 0 Å². The Balaban J connectivity index is 2.62. The van der Waals surface area contributed by atoms with Gasteiger partial charge in [0.25, 0.3) is 0 Å². The van der Waals surface area contributed by atoms with E-state index in [0.717, 1.165) is 0 Å². The van der Waals surface area contributed by atoms with Gasteiger partial charge in [0.1, 0.15) is 5.82 Å². The highest BCUT2D eigenvalue weighted by Crippen LogP contribution is 2.24. The molecule has 0 aliphatic heterocycles. The molecule has 0 aliphatic carbocycles. The summed E-state index contributed by atoms with van der Waals surface area (Å²) in [4.78, 5) is 11.5. The minimum absolute atomic E-state index is 0.0917. The van der Waals surface area contributed by atoms with Crippen LogP contribution in [0, 0.1) is 12.7 Å². The number of hydrogen-bond acceptors (Lipinski definition) is 2. The van der Waals surface area contributed by atoms with Crippen LogP contribution in [0.2, 0.25) is 0 Å². The Morgan fingerprint density at radius 3 is 2.82 bits per heavy atom. The van der Waals surface area contributed by atoms with Crippen LogP contribution in [0.25, 0.3) is 0 Å². The van der Waals surface area contributed by atoms with Crippen molar-refractivity contribution < 1.29 is 14.3 Å². The Hall–Kier alpha value is -0.940. The van der Waals surface area contributed by atoms with Crippen molar-refractivity contribution in [2.24, 2.45) is 0 Å². The minimum Gasteiger partial charge on any atom is -0.396 e. The monoisotopic (exact) mass is 303 g/mol. The lowest BCUT2D eigenvalue weighted by Gasteiger charge is -2.09. The molecule has 1 aromatic carbocycles. The number of benzene rings is 1. The first-order chi connectivity index (χ1) is 8.04. The third-order valence-electron chi connectivity index (χ3n) is 2.35. The standard InChI is InChI=1S/C12H15BrFNO2/c1-8-6-10(14)9(13)7-11(8)15-12(17)4-2-3-5-16/h6-7,16H,2-5H2,1H3,(H,15,17). The highest BCUT2D eigenvalue weighted by atomic mass is 79.9. The molecule has 0 heterocycles. The van der Waals surface area contributed by atoms with E-state index >= 15 is 0 Å². The van der Waals surface area contributed by atoms with Crippen LogP contribution in [0.5, 0.6) is 0 Å². The molecule has 5 heteroatoms. The fraction of sp³-hybridized carbons (Fsp3) is 0.417. The van der Waals surface area contributed by atoms with Crippen LogP contribution in [0.1, 0.15) is 24.8 Å². The largest absolute Gasteiger partial charge is 0.396 e. The fourth-order valence-electron chi connectivity index (χ4n) is 1.39. The van der Waals surface area contributed by atoms with Crippen LogP contribution < -0.4 is 5.32 Å². The Morgan fingerprint density at radius 1 is 1.47 bits per heavy atom. The Morgan fingerprint density at radius 2 is 2.18 bits per heavy atom. The number of hydrogen-bond donors (Lipinski definition) is 2. The van der Waals surface area contributed by atoms with Gasteiger partial charge in [-0.25, -0.2) is 4.39 Å². The van der Waals surface area contributed by atoms with Gasteiger partial charge in [0.2, 0.25) is 5.91 Å². The van der Waals surface area contributed by atoms with Gasteiger partial charge >= 0.3 is 0 Å². The maximum atomic E-state index is 13.2. The molecular formula is C12H15BrFNO2. The Kier molecular flexibility index (Phi) is 5.58.